The Balaban J connectivity index is 2.63. The molecule has 2 N–H and O–H groups in total. The van der Waals surface area contributed by atoms with Crippen LogP contribution in [0.3, 0.4) is 0 Å². The Morgan fingerprint density at radius 1 is 1.43 bits per heavy atom. The van der Waals surface area contributed by atoms with Crippen LogP contribution in [0.5, 0.6) is 0 Å². The zero-order valence-corrected chi connectivity index (χ0v) is 11.1. The third kappa shape index (κ3) is 5.67. The van der Waals surface area contributed by atoms with Gasteiger partial charge in [-0.25, -0.2) is 9.59 Å². The van der Waals surface area contributed by atoms with Gasteiger partial charge in [0.25, 0.3) is 0 Å². The van der Waals surface area contributed by atoms with Gasteiger partial charge >= 0.3 is 18.2 Å². The van der Waals surface area contributed by atoms with Gasteiger partial charge in [0.05, 0.1) is 17.8 Å². The first-order valence-corrected chi connectivity index (χ1v) is 6.00. The van der Waals surface area contributed by atoms with Gasteiger partial charge in [-0.05, 0) is 19.1 Å². The highest BCUT2D eigenvalue weighted by Gasteiger charge is 2.32. The number of nitrogens with zero attached hydrogens (tertiary/aromatic N) is 2. The molecule has 1 rings (SSSR count). The maximum Gasteiger partial charge on any atom is 0.406 e. The Hall–Kier alpha value is -2.32. The van der Waals surface area contributed by atoms with E-state index in [1.54, 1.807) is 0 Å². The molecule has 2 amide bonds. The maximum atomic E-state index is 12.3. The Morgan fingerprint density at radius 2 is 2.10 bits per heavy atom. The number of aromatic carboxylic acids is 1. The van der Waals surface area contributed by atoms with E-state index in [1.807, 2.05) is 0 Å². The topological polar surface area (TPSA) is 82.5 Å². The Kier molecular flexibility index (Phi) is 5.51. The molecule has 0 fully saturated rings. The number of carbonyl (C=O) groups is 2. The molecule has 0 aliphatic carbocycles. The van der Waals surface area contributed by atoms with Crippen molar-refractivity contribution in [2.75, 3.05) is 13.1 Å². The fraction of sp³-hybridized carbons (Fsp3) is 0.417. The van der Waals surface area contributed by atoms with E-state index in [2.05, 4.69) is 10.3 Å². The molecule has 0 aliphatic heterocycles. The molecule has 0 atom stereocenters. The van der Waals surface area contributed by atoms with Crippen molar-refractivity contribution < 1.29 is 27.9 Å². The summed E-state index contributed by atoms with van der Waals surface area (Å²) >= 11 is 0. The number of nitrogens with one attached hydrogen (secondary N) is 1. The van der Waals surface area contributed by atoms with Gasteiger partial charge in [0, 0.05) is 12.7 Å². The number of hydrogen-bond donors (Lipinski definition) is 2. The summed E-state index contributed by atoms with van der Waals surface area (Å²) in [7, 11) is 0. The number of carboxylic acid groups (broad SMARTS) is 1. The standard InChI is InChI=1S/C12H14F3N3O3/c1-2-18(7-12(13,14)15)11(21)17-6-9-5-8(10(19)20)3-4-16-9/h3-5H,2,6-7H2,1H3,(H,17,21)(H,19,20). The molecule has 6 nitrogen and oxygen atoms in total. The van der Waals surface area contributed by atoms with Gasteiger partial charge in [-0.3, -0.25) is 4.98 Å². The second-order valence-corrected chi connectivity index (χ2v) is 4.13. The molecule has 0 unspecified atom stereocenters. The van der Waals surface area contributed by atoms with Crippen LogP contribution >= 0.6 is 0 Å². The van der Waals surface area contributed by atoms with Crippen molar-refractivity contribution in [1.82, 2.24) is 15.2 Å². The second kappa shape index (κ2) is 6.91. The number of amides is 2. The predicted octanol–water partition coefficient (Wildman–Crippen LogP) is 1.87. The van der Waals surface area contributed by atoms with Crippen molar-refractivity contribution in [2.45, 2.75) is 19.6 Å². The first-order valence-electron chi connectivity index (χ1n) is 6.00. The van der Waals surface area contributed by atoms with E-state index >= 15 is 0 Å². The van der Waals surface area contributed by atoms with E-state index in [9.17, 15) is 22.8 Å². The first kappa shape index (κ1) is 16.7. The zero-order chi connectivity index (χ0) is 16.0. The lowest BCUT2D eigenvalue weighted by molar-refractivity contribution is -0.139. The van der Waals surface area contributed by atoms with E-state index in [1.165, 1.54) is 25.3 Å². The zero-order valence-electron chi connectivity index (χ0n) is 11.1. The van der Waals surface area contributed by atoms with Crippen LogP contribution in [0.15, 0.2) is 18.3 Å². The van der Waals surface area contributed by atoms with Crippen molar-refractivity contribution >= 4 is 12.0 Å². The summed E-state index contributed by atoms with van der Waals surface area (Å²) in [5.74, 6) is -1.16. The van der Waals surface area contributed by atoms with Gasteiger partial charge in [-0.15, -0.1) is 0 Å². The molecule has 1 aromatic rings. The summed E-state index contributed by atoms with van der Waals surface area (Å²) in [6.45, 7) is -0.186. The van der Waals surface area contributed by atoms with Gasteiger partial charge < -0.3 is 15.3 Å². The molecular formula is C12H14F3N3O3. The number of pyridine rings is 1. The van der Waals surface area contributed by atoms with E-state index in [0.717, 1.165) is 0 Å². The lowest BCUT2D eigenvalue weighted by Crippen LogP contribution is -2.44. The minimum Gasteiger partial charge on any atom is -0.478 e. The molecule has 0 saturated heterocycles. The van der Waals surface area contributed by atoms with Gasteiger partial charge in [-0.2, -0.15) is 13.2 Å². The highest BCUT2D eigenvalue weighted by molar-refractivity contribution is 5.87. The van der Waals surface area contributed by atoms with Crippen LogP contribution in [-0.4, -0.2) is 46.3 Å². The average Bonchev–Trinajstić information content (AvgIpc) is 2.41. The normalized spacial score (nSPS) is 11.0. The van der Waals surface area contributed by atoms with Crippen molar-refractivity contribution in [3.8, 4) is 0 Å². The molecule has 1 aromatic heterocycles. The Labute approximate surface area is 118 Å². The lowest BCUT2D eigenvalue weighted by atomic mass is 10.2. The summed E-state index contributed by atoms with van der Waals surface area (Å²) in [4.78, 5) is 26.8. The molecular weight excluding hydrogens is 291 g/mol. The summed E-state index contributed by atoms with van der Waals surface area (Å²) < 4.78 is 36.8. The van der Waals surface area contributed by atoms with E-state index in [0.29, 0.717) is 4.90 Å². The number of carbonyl (C=O) groups excluding carboxylic acids is 1. The number of aromatic nitrogens is 1. The van der Waals surface area contributed by atoms with Gasteiger partial charge in [0.2, 0.25) is 0 Å². The van der Waals surface area contributed by atoms with Crippen molar-refractivity contribution in [2.24, 2.45) is 0 Å². The van der Waals surface area contributed by atoms with Crippen LogP contribution < -0.4 is 5.32 Å². The molecule has 1 heterocycles. The maximum absolute atomic E-state index is 12.3. The second-order valence-electron chi connectivity index (χ2n) is 4.13. The minimum absolute atomic E-state index is 0.0168. The SMILES string of the molecule is CCN(CC(F)(F)F)C(=O)NCc1cc(C(=O)O)ccn1. The highest BCUT2D eigenvalue weighted by Crippen LogP contribution is 2.16. The van der Waals surface area contributed by atoms with Crippen LogP contribution in [0.4, 0.5) is 18.0 Å². The highest BCUT2D eigenvalue weighted by atomic mass is 19.4. The number of urea groups is 1. The first-order chi connectivity index (χ1) is 9.73. The Bertz CT molecular complexity index is 520. The summed E-state index contributed by atoms with van der Waals surface area (Å²) in [6.07, 6.45) is -3.23. The third-order valence-electron chi connectivity index (χ3n) is 2.52. The van der Waals surface area contributed by atoms with Gasteiger partial charge in [0.1, 0.15) is 6.54 Å². The van der Waals surface area contributed by atoms with E-state index < -0.39 is 24.7 Å². The average molecular weight is 305 g/mol. The number of halogens is 3. The van der Waals surface area contributed by atoms with Crippen LogP contribution in [0.25, 0.3) is 0 Å². The number of carboxylic acids is 1. The van der Waals surface area contributed by atoms with Crippen molar-refractivity contribution in [3.05, 3.63) is 29.6 Å². The van der Waals surface area contributed by atoms with Crippen LogP contribution in [0.2, 0.25) is 0 Å². The fourth-order valence-electron chi connectivity index (χ4n) is 1.53. The predicted molar refractivity (Wildman–Crippen MR) is 66.7 cm³/mol. The van der Waals surface area contributed by atoms with Gasteiger partial charge in [-0.1, -0.05) is 0 Å². The molecule has 0 aromatic carbocycles. The van der Waals surface area contributed by atoms with Gasteiger partial charge in [0.15, 0.2) is 0 Å². The summed E-state index contributed by atoms with van der Waals surface area (Å²) in [6, 6.07) is 1.62. The monoisotopic (exact) mass is 305 g/mol. The van der Waals surface area contributed by atoms with E-state index in [4.69, 9.17) is 5.11 Å². The number of alkyl halides is 3. The van der Waals surface area contributed by atoms with Crippen molar-refractivity contribution in [1.29, 1.82) is 0 Å². The molecule has 0 spiro atoms. The van der Waals surface area contributed by atoms with Crippen LogP contribution in [0.1, 0.15) is 23.0 Å². The molecule has 0 saturated carbocycles. The van der Waals surface area contributed by atoms with Crippen molar-refractivity contribution in [3.63, 3.8) is 0 Å². The summed E-state index contributed by atoms with van der Waals surface area (Å²) in [5.41, 5.74) is 0.225. The molecule has 9 heteroatoms. The molecule has 0 aliphatic rings. The molecule has 0 radical (unpaired) electrons. The Morgan fingerprint density at radius 3 is 2.62 bits per heavy atom. The lowest BCUT2D eigenvalue weighted by Gasteiger charge is -2.22. The minimum atomic E-state index is -4.48. The smallest absolute Gasteiger partial charge is 0.406 e. The number of rotatable bonds is 5. The fourth-order valence-corrected chi connectivity index (χ4v) is 1.53. The van der Waals surface area contributed by atoms with Crippen LogP contribution in [0, 0.1) is 0 Å². The summed E-state index contributed by atoms with van der Waals surface area (Å²) in [5, 5.41) is 11.1. The molecule has 0 bridgehead atoms. The number of hydrogen-bond acceptors (Lipinski definition) is 3. The quantitative estimate of drug-likeness (QED) is 0.870. The van der Waals surface area contributed by atoms with Crippen LogP contribution in [-0.2, 0) is 6.54 Å². The molecule has 116 valence electrons. The van der Waals surface area contributed by atoms with E-state index in [-0.39, 0.29) is 24.3 Å². The third-order valence-corrected chi connectivity index (χ3v) is 2.52. The molecule has 21 heavy (non-hydrogen) atoms. The largest absolute Gasteiger partial charge is 0.478 e.